The lowest BCUT2D eigenvalue weighted by Gasteiger charge is -2.11. The van der Waals surface area contributed by atoms with Crippen LogP contribution < -0.4 is 5.32 Å². The van der Waals surface area contributed by atoms with E-state index < -0.39 is 0 Å². The molecule has 1 amide bonds. The summed E-state index contributed by atoms with van der Waals surface area (Å²) in [4.78, 5) is 13.4. The number of nitrogens with zero attached hydrogens (tertiary/aromatic N) is 2. The normalized spacial score (nSPS) is 10.8. The van der Waals surface area contributed by atoms with Crippen LogP contribution in [0.15, 0.2) is 17.0 Å². The van der Waals surface area contributed by atoms with Crippen LogP contribution >= 0.6 is 11.8 Å². The molecule has 0 saturated heterocycles. The Morgan fingerprint density at radius 3 is 2.27 bits per heavy atom. The number of hydrogen-bond donors (Lipinski definition) is 1. The minimum atomic E-state index is 0.00331. The zero-order valence-electron chi connectivity index (χ0n) is 14.1. The molecule has 2 aromatic rings. The molecule has 0 spiro atoms. The standard InChI is InChI=1S/C17H23N3OS/c1-10-7-11(2)17(12(3)8-10)22-9-15(21)18-16-13(4)19-20(6)14(16)5/h7-8H,9H2,1-6H3,(H,18,21). The van der Waals surface area contributed by atoms with Crippen molar-refractivity contribution in [2.75, 3.05) is 11.1 Å². The highest BCUT2D eigenvalue weighted by molar-refractivity contribution is 8.00. The van der Waals surface area contributed by atoms with Gasteiger partial charge in [0.05, 0.1) is 22.8 Å². The second kappa shape index (κ2) is 6.57. The Hall–Kier alpha value is -1.75. The highest BCUT2D eigenvalue weighted by Gasteiger charge is 2.13. The van der Waals surface area contributed by atoms with Gasteiger partial charge in [-0.2, -0.15) is 5.10 Å². The van der Waals surface area contributed by atoms with E-state index in [9.17, 15) is 4.79 Å². The topological polar surface area (TPSA) is 46.9 Å². The summed E-state index contributed by atoms with van der Waals surface area (Å²) >= 11 is 1.59. The van der Waals surface area contributed by atoms with E-state index in [1.54, 1.807) is 16.4 Å². The number of hydrogen-bond acceptors (Lipinski definition) is 3. The molecule has 0 unspecified atom stereocenters. The van der Waals surface area contributed by atoms with E-state index in [0.717, 1.165) is 17.1 Å². The second-order valence-electron chi connectivity index (χ2n) is 5.73. The number of thioether (sulfide) groups is 1. The van der Waals surface area contributed by atoms with Crippen LogP contribution in [0.1, 0.15) is 28.1 Å². The maximum atomic E-state index is 12.2. The van der Waals surface area contributed by atoms with Crippen molar-refractivity contribution in [1.82, 2.24) is 9.78 Å². The SMILES string of the molecule is Cc1cc(C)c(SCC(=O)Nc2c(C)nn(C)c2C)c(C)c1. The molecule has 2 rings (SSSR count). The lowest BCUT2D eigenvalue weighted by Crippen LogP contribution is -2.15. The molecule has 0 aliphatic heterocycles. The molecule has 0 saturated carbocycles. The lowest BCUT2D eigenvalue weighted by atomic mass is 10.1. The van der Waals surface area contributed by atoms with Crippen molar-refractivity contribution in [2.24, 2.45) is 7.05 Å². The van der Waals surface area contributed by atoms with E-state index >= 15 is 0 Å². The minimum Gasteiger partial charge on any atom is -0.322 e. The Labute approximate surface area is 136 Å². The van der Waals surface area contributed by atoms with Crippen LogP contribution in [0, 0.1) is 34.6 Å². The van der Waals surface area contributed by atoms with Gasteiger partial charge < -0.3 is 5.32 Å². The van der Waals surface area contributed by atoms with Crippen molar-refractivity contribution < 1.29 is 4.79 Å². The second-order valence-corrected chi connectivity index (χ2v) is 6.72. The van der Waals surface area contributed by atoms with E-state index in [1.807, 2.05) is 20.9 Å². The molecule has 0 radical (unpaired) electrons. The van der Waals surface area contributed by atoms with Gasteiger partial charge in [0.25, 0.3) is 0 Å². The summed E-state index contributed by atoms with van der Waals surface area (Å²) in [7, 11) is 1.88. The van der Waals surface area contributed by atoms with Crippen LogP contribution in [0.4, 0.5) is 5.69 Å². The van der Waals surface area contributed by atoms with Crippen molar-refractivity contribution in [2.45, 2.75) is 39.5 Å². The first-order valence-electron chi connectivity index (χ1n) is 7.30. The van der Waals surface area contributed by atoms with Gasteiger partial charge in [0.1, 0.15) is 0 Å². The highest BCUT2D eigenvalue weighted by Crippen LogP contribution is 2.28. The van der Waals surface area contributed by atoms with Crippen LogP contribution in [0.25, 0.3) is 0 Å². The number of rotatable bonds is 4. The van der Waals surface area contributed by atoms with Crippen molar-refractivity contribution >= 4 is 23.4 Å². The molecule has 22 heavy (non-hydrogen) atoms. The van der Waals surface area contributed by atoms with Gasteiger partial charge >= 0.3 is 0 Å². The Morgan fingerprint density at radius 2 is 1.77 bits per heavy atom. The number of nitrogens with one attached hydrogen (secondary N) is 1. The third kappa shape index (κ3) is 3.53. The Balaban J connectivity index is 2.05. The van der Waals surface area contributed by atoms with Crippen molar-refractivity contribution in [3.63, 3.8) is 0 Å². The van der Waals surface area contributed by atoms with Gasteiger partial charge in [0.15, 0.2) is 0 Å². The van der Waals surface area contributed by atoms with E-state index in [4.69, 9.17) is 0 Å². The van der Waals surface area contributed by atoms with E-state index in [0.29, 0.717) is 5.75 Å². The maximum absolute atomic E-state index is 12.2. The first kappa shape index (κ1) is 16.6. The van der Waals surface area contributed by atoms with Gasteiger partial charge in [0, 0.05) is 11.9 Å². The van der Waals surface area contributed by atoms with Crippen LogP contribution in [-0.4, -0.2) is 21.4 Å². The Bertz CT molecular complexity index is 696. The monoisotopic (exact) mass is 317 g/mol. The summed E-state index contributed by atoms with van der Waals surface area (Å²) < 4.78 is 1.78. The fraction of sp³-hybridized carbons (Fsp3) is 0.412. The summed E-state index contributed by atoms with van der Waals surface area (Å²) in [6.07, 6.45) is 0. The fourth-order valence-electron chi connectivity index (χ4n) is 2.66. The Morgan fingerprint density at radius 1 is 1.18 bits per heavy atom. The average Bonchev–Trinajstić information content (AvgIpc) is 2.64. The van der Waals surface area contributed by atoms with Gasteiger partial charge in [0.2, 0.25) is 5.91 Å². The van der Waals surface area contributed by atoms with Gasteiger partial charge in [-0.15, -0.1) is 11.8 Å². The number of benzene rings is 1. The smallest absolute Gasteiger partial charge is 0.234 e. The molecule has 118 valence electrons. The lowest BCUT2D eigenvalue weighted by molar-refractivity contribution is -0.113. The number of aryl methyl sites for hydroxylation is 5. The van der Waals surface area contributed by atoms with Crippen LogP contribution in [0.3, 0.4) is 0 Å². The third-order valence-electron chi connectivity index (χ3n) is 3.73. The number of aromatic nitrogens is 2. The van der Waals surface area contributed by atoms with Crippen molar-refractivity contribution in [1.29, 1.82) is 0 Å². The molecular formula is C17H23N3OS. The molecular weight excluding hydrogens is 294 g/mol. The third-order valence-corrected chi connectivity index (χ3v) is 5.06. The van der Waals surface area contributed by atoms with Crippen LogP contribution in [-0.2, 0) is 11.8 Å². The highest BCUT2D eigenvalue weighted by atomic mass is 32.2. The first-order valence-corrected chi connectivity index (χ1v) is 8.29. The van der Waals surface area contributed by atoms with Crippen LogP contribution in [0.2, 0.25) is 0 Å². The number of anilines is 1. The van der Waals surface area contributed by atoms with Gasteiger partial charge in [-0.25, -0.2) is 0 Å². The summed E-state index contributed by atoms with van der Waals surface area (Å²) in [5, 5.41) is 7.29. The van der Waals surface area contributed by atoms with Gasteiger partial charge in [-0.05, 0) is 45.7 Å². The molecule has 1 aromatic heterocycles. The predicted octanol–water partition coefficient (Wildman–Crippen LogP) is 3.69. The molecule has 0 atom stereocenters. The number of amides is 1. The first-order chi connectivity index (χ1) is 10.3. The summed E-state index contributed by atoms with van der Waals surface area (Å²) in [5.74, 6) is 0.405. The van der Waals surface area contributed by atoms with E-state index in [-0.39, 0.29) is 5.91 Å². The maximum Gasteiger partial charge on any atom is 0.234 e. The Kier molecular flexibility index (Phi) is 4.96. The molecule has 1 aromatic carbocycles. The van der Waals surface area contributed by atoms with Crippen molar-refractivity contribution in [3.8, 4) is 0 Å². The molecule has 0 bridgehead atoms. The molecule has 5 heteroatoms. The summed E-state index contributed by atoms with van der Waals surface area (Å²) in [5.41, 5.74) is 6.35. The minimum absolute atomic E-state index is 0.00331. The quantitative estimate of drug-likeness (QED) is 0.875. The van der Waals surface area contributed by atoms with E-state index in [2.05, 4.69) is 43.3 Å². The fourth-order valence-corrected chi connectivity index (χ4v) is 3.58. The van der Waals surface area contributed by atoms with Gasteiger partial charge in [-0.1, -0.05) is 17.7 Å². The molecule has 1 heterocycles. The average molecular weight is 317 g/mol. The molecule has 4 nitrogen and oxygen atoms in total. The molecule has 0 aliphatic carbocycles. The largest absolute Gasteiger partial charge is 0.322 e. The molecule has 1 N–H and O–H groups in total. The van der Waals surface area contributed by atoms with Crippen LogP contribution in [0.5, 0.6) is 0 Å². The van der Waals surface area contributed by atoms with E-state index in [1.165, 1.54) is 21.6 Å². The summed E-state index contributed by atoms with van der Waals surface area (Å²) in [6, 6.07) is 4.31. The van der Waals surface area contributed by atoms with Crippen molar-refractivity contribution in [3.05, 3.63) is 40.2 Å². The molecule has 0 aliphatic rings. The molecule has 0 fully saturated rings. The number of carbonyl (C=O) groups is 1. The summed E-state index contributed by atoms with van der Waals surface area (Å²) in [6.45, 7) is 10.1. The zero-order chi connectivity index (χ0) is 16.4. The zero-order valence-corrected chi connectivity index (χ0v) is 14.9. The van der Waals surface area contributed by atoms with Gasteiger partial charge in [-0.3, -0.25) is 9.48 Å². The number of carbonyl (C=O) groups excluding carboxylic acids is 1. The predicted molar refractivity (Wildman–Crippen MR) is 92.7 cm³/mol.